The van der Waals surface area contributed by atoms with Crippen molar-refractivity contribution in [1.29, 1.82) is 0 Å². The van der Waals surface area contributed by atoms with Gasteiger partial charge in [-0.2, -0.15) is 10.1 Å². The summed E-state index contributed by atoms with van der Waals surface area (Å²) in [6, 6.07) is 10.0. The van der Waals surface area contributed by atoms with E-state index >= 15 is 0 Å². The molecular weight excluding hydrogens is 350 g/mol. The van der Waals surface area contributed by atoms with E-state index in [1.807, 2.05) is 0 Å². The smallest absolute Gasteiger partial charge is 0.266 e. The van der Waals surface area contributed by atoms with Gasteiger partial charge in [-0.25, -0.2) is 4.68 Å². The lowest BCUT2D eigenvalue weighted by molar-refractivity contribution is 0.0946. The monoisotopic (exact) mass is 369 g/mol. The van der Waals surface area contributed by atoms with E-state index in [0.29, 0.717) is 36.0 Å². The summed E-state index contributed by atoms with van der Waals surface area (Å²) in [5, 5.41) is 10.7. The highest BCUT2D eigenvalue weighted by molar-refractivity contribution is 5.94. The van der Waals surface area contributed by atoms with Crippen LogP contribution in [-0.2, 0) is 24.8 Å². The zero-order chi connectivity index (χ0) is 19.2. The first-order chi connectivity index (χ1) is 13.1. The van der Waals surface area contributed by atoms with Crippen molar-refractivity contribution in [1.82, 2.24) is 25.2 Å². The van der Waals surface area contributed by atoms with Crippen LogP contribution in [0.15, 0.2) is 45.7 Å². The number of amides is 1. The maximum atomic E-state index is 12.3. The zero-order valence-electron chi connectivity index (χ0n) is 15.0. The molecule has 9 heteroatoms. The van der Waals surface area contributed by atoms with Gasteiger partial charge in [0.05, 0.1) is 18.8 Å². The molecule has 2 heterocycles. The minimum atomic E-state index is -0.258. The first-order valence-corrected chi connectivity index (χ1v) is 8.30. The Bertz CT molecular complexity index is 978. The summed E-state index contributed by atoms with van der Waals surface area (Å²) in [7, 11) is 3.19. The molecule has 0 fully saturated rings. The number of benzene rings is 1. The van der Waals surface area contributed by atoms with Crippen molar-refractivity contribution >= 4 is 5.91 Å². The fraction of sp³-hybridized carbons (Fsp3) is 0.278. The Kier molecular flexibility index (Phi) is 5.72. The maximum absolute atomic E-state index is 12.3. The molecule has 0 atom stereocenters. The van der Waals surface area contributed by atoms with E-state index in [4.69, 9.17) is 9.26 Å². The van der Waals surface area contributed by atoms with Gasteiger partial charge in [-0.15, -0.1) is 0 Å². The second kappa shape index (κ2) is 8.37. The largest absolute Gasteiger partial charge is 0.384 e. The second-order valence-corrected chi connectivity index (χ2v) is 5.79. The third-order valence-electron chi connectivity index (χ3n) is 3.84. The van der Waals surface area contributed by atoms with E-state index in [9.17, 15) is 9.59 Å². The number of aryl methyl sites for hydroxylation is 1. The Balaban J connectivity index is 1.61. The van der Waals surface area contributed by atoms with Crippen LogP contribution in [0.1, 0.15) is 22.1 Å². The fourth-order valence-electron chi connectivity index (χ4n) is 2.36. The van der Waals surface area contributed by atoms with Gasteiger partial charge in [0.15, 0.2) is 5.82 Å². The molecule has 0 saturated carbocycles. The van der Waals surface area contributed by atoms with Crippen molar-refractivity contribution in [3.05, 3.63) is 64.0 Å². The quantitative estimate of drug-likeness (QED) is 0.660. The number of ether oxygens (including phenoxy) is 1. The third kappa shape index (κ3) is 4.64. The van der Waals surface area contributed by atoms with Gasteiger partial charge in [-0.05, 0) is 18.2 Å². The molecule has 0 aliphatic rings. The molecule has 0 unspecified atom stereocenters. The van der Waals surface area contributed by atoms with E-state index in [0.717, 1.165) is 5.56 Å². The van der Waals surface area contributed by atoms with Crippen LogP contribution < -0.4 is 10.9 Å². The van der Waals surface area contributed by atoms with Gasteiger partial charge >= 0.3 is 0 Å². The van der Waals surface area contributed by atoms with Crippen LogP contribution in [0.25, 0.3) is 11.3 Å². The van der Waals surface area contributed by atoms with Crippen molar-refractivity contribution in [2.24, 2.45) is 7.05 Å². The standard InChI is InChI=1S/C18H19N5O4/c1-23-17(24)8-7-14(21-23)12-3-5-13(6-4-12)18(25)19-11-16-20-15(22-27-16)9-10-26-2/h3-8H,9-11H2,1-2H3,(H,19,25). The average Bonchev–Trinajstić information content (AvgIpc) is 3.14. The molecule has 0 bridgehead atoms. The van der Waals surface area contributed by atoms with E-state index < -0.39 is 0 Å². The van der Waals surface area contributed by atoms with Crippen molar-refractivity contribution < 1.29 is 14.1 Å². The summed E-state index contributed by atoms with van der Waals surface area (Å²) in [5.74, 6) is 0.613. The number of hydrogen-bond acceptors (Lipinski definition) is 7. The van der Waals surface area contributed by atoms with Crippen molar-refractivity contribution in [3.8, 4) is 11.3 Å². The summed E-state index contributed by atoms with van der Waals surface area (Å²) >= 11 is 0. The first kappa shape index (κ1) is 18.5. The van der Waals surface area contributed by atoms with Gasteiger partial charge in [-0.1, -0.05) is 17.3 Å². The van der Waals surface area contributed by atoms with Gasteiger partial charge in [0.2, 0.25) is 5.89 Å². The minimum Gasteiger partial charge on any atom is -0.384 e. The Morgan fingerprint density at radius 3 is 2.70 bits per heavy atom. The Morgan fingerprint density at radius 2 is 2.00 bits per heavy atom. The molecule has 1 aromatic carbocycles. The molecule has 3 rings (SSSR count). The van der Waals surface area contributed by atoms with Gasteiger partial charge in [0.1, 0.15) is 0 Å². The highest BCUT2D eigenvalue weighted by Crippen LogP contribution is 2.16. The molecule has 1 amide bonds. The van der Waals surface area contributed by atoms with Crippen LogP contribution in [-0.4, -0.2) is 39.5 Å². The van der Waals surface area contributed by atoms with Crippen LogP contribution in [0.4, 0.5) is 0 Å². The predicted molar refractivity (Wildman–Crippen MR) is 96.0 cm³/mol. The van der Waals surface area contributed by atoms with Gasteiger partial charge in [-0.3, -0.25) is 9.59 Å². The molecule has 140 valence electrons. The summed E-state index contributed by atoms with van der Waals surface area (Å²) in [4.78, 5) is 27.8. The number of rotatable bonds is 7. The molecule has 0 saturated heterocycles. The lowest BCUT2D eigenvalue weighted by atomic mass is 10.1. The van der Waals surface area contributed by atoms with Gasteiger partial charge in [0.25, 0.3) is 11.5 Å². The van der Waals surface area contributed by atoms with Crippen molar-refractivity contribution in [3.63, 3.8) is 0 Å². The summed E-state index contributed by atoms with van der Waals surface area (Å²) in [6.07, 6.45) is 0.550. The van der Waals surface area contributed by atoms with Crippen LogP contribution in [0.3, 0.4) is 0 Å². The Labute approximate surface area is 155 Å². The fourth-order valence-corrected chi connectivity index (χ4v) is 2.36. The highest BCUT2D eigenvalue weighted by atomic mass is 16.5. The van der Waals surface area contributed by atoms with Crippen LogP contribution >= 0.6 is 0 Å². The normalized spacial score (nSPS) is 10.7. The number of aromatic nitrogens is 4. The zero-order valence-corrected chi connectivity index (χ0v) is 15.0. The SMILES string of the molecule is COCCc1noc(CNC(=O)c2ccc(-c3ccc(=O)n(C)n3)cc2)n1. The first-order valence-electron chi connectivity index (χ1n) is 8.30. The molecule has 0 aliphatic carbocycles. The molecule has 0 radical (unpaired) electrons. The molecule has 0 aliphatic heterocycles. The summed E-state index contributed by atoms with van der Waals surface area (Å²) in [6.45, 7) is 0.644. The second-order valence-electron chi connectivity index (χ2n) is 5.79. The van der Waals surface area contributed by atoms with Gasteiger partial charge < -0.3 is 14.6 Å². The molecular formula is C18H19N5O4. The third-order valence-corrected chi connectivity index (χ3v) is 3.84. The Morgan fingerprint density at radius 1 is 1.22 bits per heavy atom. The minimum absolute atomic E-state index is 0.142. The molecule has 2 aromatic heterocycles. The topological polar surface area (TPSA) is 112 Å². The van der Waals surface area contributed by atoms with E-state index in [1.54, 1.807) is 44.5 Å². The molecule has 3 aromatic rings. The van der Waals surface area contributed by atoms with Crippen LogP contribution in [0, 0.1) is 0 Å². The molecule has 9 nitrogen and oxygen atoms in total. The van der Waals surface area contributed by atoms with Crippen molar-refractivity contribution in [2.75, 3.05) is 13.7 Å². The Hall–Kier alpha value is -3.33. The number of nitrogens with zero attached hydrogens (tertiary/aromatic N) is 4. The molecule has 0 spiro atoms. The van der Waals surface area contributed by atoms with Crippen LogP contribution in [0.5, 0.6) is 0 Å². The number of carbonyl (C=O) groups is 1. The molecule has 1 N–H and O–H groups in total. The molecule has 27 heavy (non-hydrogen) atoms. The van der Waals surface area contributed by atoms with E-state index in [-0.39, 0.29) is 18.0 Å². The summed E-state index contributed by atoms with van der Waals surface area (Å²) in [5.41, 5.74) is 1.77. The lowest BCUT2D eigenvalue weighted by Crippen LogP contribution is -2.23. The number of carbonyl (C=O) groups excluding carboxylic acids is 1. The van der Waals surface area contributed by atoms with E-state index in [2.05, 4.69) is 20.6 Å². The summed E-state index contributed by atoms with van der Waals surface area (Å²) < 4.78 is 11.3. The number of hydrogen-bond donors (Lipinski definition) is 1. The lowest BCUT2D eigenvalue weighted by Gasteiger charge is -2.05. The van der Waals surface area contributed by atoms with Crippen LogP contribution in [0.2, 0.25) is 0 Å². The van der Waals surface area contributed by atoms with Gasteiger partial charge in [0, 0.05) is 37.8 Å². The van der Waals surface area contributed by atoms with Crippen molar-refractivity contribution in [2.45, 2.75) is 13.0 Å². The number of methoxy groups -OCH3 is 1. The predicted octanol–water partition coefficient (Wildman–Crippen LogP) is 0.949. The highest BCUT2D eigenvalue weighted by Gasteiger charge is 2.10. The maximum Gasteiger partial charge on any atom is 0.266 e. The average molecular weight is 369 g/mol. The number of nitrogens with one attached hydrogen (secondary N) is 1. The van der Waals surface area contributed by atoms with E-state index in [1.165, 1.54) is 10.7 Å².